The molecule has 2 rings (SSSR count). The van der Waals surface area contributed by atoms with Crippen LogP contribution in [-0.4, -0.2) is 14.2 Å². The minimum absolute atomic E-state index is 0.435. The van der Waals surface area contributed by atoms with Gasteiger partial charge in [0.15, 0.2) is 0 Å². The van der Waals surface area contributed by atoms with Crippen molar-refractivity contribution in [3.63, 3.8) is 0 Å². The van der Waals surface area contributed by atoms with Gasteiger partial charge in [0.2, 0.25) is 0 Å². The first kappa shape index (κ1) is 17.0. The van der Waals surface area contributed by atoms with Crippen molar-refractivity contribution in [1.29, 1.82) is 0 Å². The lowest BCUT2D eigenvalue weighted by molar-refractivity contribution is 0.412. The van der Waals surface area contributed by atoms with E-state index in [1.165, 1.54) is 16.2 Å². The zero-order chi connectivity index (χ0) is 15.4. The summed E-state index contributed by atoms with van der Waals surface area (Å²) in [5.74, 6) is 0.849. The molecule has 0 aliphatic carbocycles. The van der Waals surface area contributed by atoms with E-state index in [9.17, 15) is 0 Å². The highest BCUT2D eigenvalue weighted by Crippen LogP contribution is 2.41. The van der Waals surface area contributed by atoms with Crippen LogP contribution in [0.4, 0.5) is 0 Å². The van der Waals surface area contributed by atoms with Gasteiger partial charge in [0.25, 0.3) is 0 Å². The van der Waals surface area contributed by atoms with E-state index in [1.807, 2.05) is 24.5 Å². The van der Waals surface area contributed by atoms with E-state index in [-0.39, 0.29) is 0 Å². The van der Waals surface area contributed by atoms with Crippen LogP contribution >= 0.6 is 43.2 Å². The maximum atomic E-state index is 5.40. The van der Waals surface area contributed by atoms with Crippen molar-refractivity contribution < 1.29 is 4.74 Å². The number of methoxy groups -OCH3 is 1. The molecule has 0 radical (unpaired) electrons. The summed E-state index contributed by atoms with van der Waals surface area (Å²) in [5, 5.41) is 3.40. The Balaban J connectivity index is 2.37. The third-order valence-corrected chi connectivity index (χ3v) is 5.91. The van der Waals surface area contributed by atoms with E-state index in [2.05, 4.69) is 62.3 Å². The van der Waals surface area contributed by atoms with Crippen molar-refractivity contribution in [2.75, 3.05) is 14.2 Å². The molecule has 0 saturated carbocycles. The predicted molar refractivity (Wildman–Crippen MR) is 98.4 cm³/mol. The summed E-state index contributed by atoms with van der Waals surface area (Å²) in [5.41, 5.74) is 1.16. The van der Waals surface area contributed by atoms with Crippen molar-refractivity contribution in [3.8, 4) is 16.2 Å². The molecule has 0 saturated heterocycles. The third kappa shape index (κ3) is 3.89. The van der Waals surface area contributed by atoms with Gasteiger partial charge in [0.1, 0.15) is 5.75 Å². The van der Waals surface area contributed by atoms with E-state index in [0.717, 1.165) is 26.7 Å². The van der Waals surface area contributed by atoms with Crippen LogP contribution < -0.4 is 10.1 Å². The minimum Gasteiger partial charge on any atom is -0.496 e. The number of ether oxygens (including phenoxy) is 1. The number of nitrogens with one attached hydrogen (secondary N) is 1. The zero-order valence-corrected chi connectivity index (χ0v) is 16.4. The van der Waals surface area contributed by atoms with Crippen LogP contribution in [0.2, 0.25) is 0 Å². The second-order valence-electron chi connectivity index (χ2n) is 4.80. The molecule has 0 fully saturated rings. The molecular weight excluding hydrogens is 414 g/mol. The van der Waals surface area contributed by atoms with Crippen molar-refractivity contribution in [1.82, 2.24) is 5.32 Å². The second-order valence-corrected chi connectivity index (χ2v) is 7.62. The topological polar surface area (TPSA) is 21.3 Å². The fourth-order valence-electron chi connectivity index (χ4n) is 2.28. The summed E-state index contributed by atoms with van der Waals surface area (Å²) in [4.78, 5) is 2.63. The van der Waals surface area contributed by atoms with Crippen LogP contribution in [0.1, 0.15) is 30.7 Å². The molecule has 114 valence electrons. The van der Waals surface area contributed by atoms with Crippen LogP contribution in [-0.2, 0) is 0 Å². The zero-order valence-electron chi connectivity index (χ0n) is 12.4. The molecule has 5 heteroatoms. The summed E-state index contributed by atoms with van der Waals surface area (Å²) in [6, 6.07) is 8.95. The van der Waals surface area contributed by atoms with E-state index in [0.29, 0.717) is 6.04 Å². The van der Waals surface area contributed by atoms with Gasteiger partial charge in [-0.15, -0.1) is 11.3 Å². The van der Waals surface area contributed by atoms with E-state index >= 15 is 0 Å². The van der Waals surface area contributed by atoms with Gasteiger partial charge in [0.05, 0.1) is 11.6 Å². The Morgan fingerprint density at radius 3 is 2.62 bits per heavy atom. The Labute approximate surface area is 147 Å². The lowest BCUT2D eigenvalue weighted by atomic mass is 10.1. The van der Waals surface area contributed by atoms with Crippen molar-refractivity contribution in [2.24, 2.45) is 0 Å². The molecular formula is C16H19Br2NOS. The third-order valence-electron chi connectivity index (χ3n) is 3.40. The first-order valence-electron chi connectivity index (χ1n) is 6.91. The van der Waals surface area contributed by atoms with Crippen LogP contribution in [0.5, 0.6) is 5.75 Å². The van der Waals surface area contributed by atoms with Gasteiger partial charge in [0, 0.05) is 25.8 Å². The van der Waals surface area contributed by atoms with Gasteiger partial charge < -0.3 is 10.1 Å². The highest BCUT2D eigenvalue weighted by Gasteiger charge is 2.14. The fraction of sp³-hybridized carbons (Fsp3) is 0.375. The van der Waals surface area contributed by atoms with Crippen LogP contribution in [0.25, 0.3) is 10.4 Å². The molecule has 2 nitrogen and oxygen atoms in total. The molecule has 0 bridgehead atoms. The predicted octanol–water partition coefficient (Wildman–Crippen LogP) is 6.01. The van der Waals surface area contributed by atoms with E-state index < -0.39 is 0 Å². The maximum Gasteiger partial charge on any atom is 0.133 e. The van der Waals surface area contributed by atoms with Gasteiger partial charge in [-0.1, -0.05) is 29.3 Å². The summed E-state index contributed by atoms with van der Waals surface area (Å²) in [6.45, 7) is 2.22. The fourth-order valence-corrected chi connectivity index (χ4v) is 4.96. The van der Waals surface area contributed by atoms with Crippen LogP contribution in [0.3, 0.4) is 0 Å². The van der Waals surface area contributed by atoms with Gasteiger partial charge in [-0.25, -0.2) is 0 Å². The van der Waals surface area contributed by atoms with Gasteiger partial charge in [-0.05, 0) is 53.7 Å². The first-order valence-corrected chi connectivity index (χ1v) is 9.31. The van der Waals surface area contributed by atoms with Gasteiger partial charge >= 0.3 is 0 Å². The highest BCUT2D eigenvalue weighted by atomic mass is 79.9. The molecule has 21 heavy (non-hydrogen) atoms. The van der Waals surface area contributed by atoms with E-state index in [4.69, 9.17) is 4.74 Å². The van der Waals surface area contributed by atoms with Crippen molar-refractivity contribution in [2.45, 2.75) is 25.8 Å². The van der Waals surface area contributed by atoms with Crippen LogP contribution in [0.15, 0.2) is 33.2 Å². The molecule has 1 aromatic carbocycles. The van der Waals surface area contributed by atoms with Crippen LogP contribution in [0, 0.1) is 0 Å². The summed E-state index contributed by atoms with van der Waals surface area (Å²) in [6.07, 6.45) is 2.33. The largest absolute Gasteiger partial charge is 0.496 e. The number of thiophene rings is 1. The normalized spacial score (nSPS) is 12.4. The molecule has 1 aromatic heterocycles. The lowest BCUT2D eigenvalue weighted by Gasteiger charge is -2.13. The average Bonchev–Trinajstić information content (AvgIpc) is 2.94. The van der Waals surface area contributed by atoms with E-state index in [1.54, 1.807) is 7.11 Å². The first-order chi connectivity index (χ1) is 10.1. The maximum absolute atomic E-state index is 5.40. The molecule has 1 atom stereocenters. The number of halogens is 2. The molecule has 1 heterocycles. The molecule has 1 unspecified atom stereocenters. The Bertz CT molecular complexity index is 612. The summed E-state index contributed by atoms with van der Waals surface area (Å²) >= 11 is 8.99. The number of hydrogen-bond donors (Lipinski definition) is 1. The number of hydrogen-bond acceptors (Lipinski definition) is 3. The van der Waals surface area contributed by atoms with Gasteiger partial charge in [-0.2, -0.15) is 0 Å². The molecule has 0 aliphatic heterocycles. The standard InChI is InChI=1S/C16H19Br2NOS/c1-4-5-13(19-2)16-7-6-15(21-16)10-8-14(20-3)12(18)9-11(10)17/h6-9,13,19H,4-5H2,1-3H3. The smallest absolute Gasteiger partial charge is 0.133 e. The SMILES string of the molecule is CCCC(NC)c1ccc(-c2cc(OC)c(Br)cc2Br)s1. The Morgan fingerprint density at radius 2 is 2.00 bits per heavy atom. The molecule has 0 spiro atoms. The minimum atomic E-state index is 0.435. The lowest BCUT2D eigenvalue weighted by Crippen LogP contribution is -2.14. The monoisotopic (exact) mass is 431 g/mol. The number of rotatable bonds is 6. The molecule has 2 aromatic rings. The summed E-state index contributed by atoms with van der Waals surface area (Å²) < 4.78 is 7.43. The molecule has 0 aliphatic rings. The van der Waals surface area contributed by atoms with Gasteiger partial charge in [-0.3, -0.25) is 0 Å². The van der Waals surface area contributed by atoms with Crippen molar-refractivity contribution >= 4 is 43.2 Å². The van der Waals surface area contributed by atoms with Crippen molar-refractivity contribution in [3.05, 3.63) is 38.1 Å². The Hall–Kier alpha value is -0.360. The number of benzene rings is 1. The summed E-state index contributed by atoms with van der Waals surface area (Å²) in [7, 11) is 3.72. The Kier molecular flexibility index (Phi) is 6.29. The Morgan fingerprint density at radius 1 is 1.24 bits per heavy atom. The molecule has 0 amide bonds. The second kappa shape index (κ2) is 7.77. The molecule has 1 N–H and O–H groups in total. The average molecular weight is 433 g/mol. The highest BCUT2D eigenvalue weighted by molar-refractivity contribution is 9.11. The quantitative estimate of drug-likeness (QED) is 0.603.